The first-order chi connectivity index (χ1) is 23.4. The fourth-order valence-corrected chi connectivity index (χ4v) is 6.40. The maximum Gasteiger partial charge on any atom is 0.350 e. The van der Waals surface area contributed by atoms with E-state index in [0.717, 1.165) is 55.3 Å². The van der Waals surface area contributed by atoms with E-state index in [1.165, 1.54) is 5.69 Å². The molecule has 0 radical (unpaired) electrons. The van der Waals surface area contributed by atoms with E-state index in [-0.39, 0.29) is 17.8 Å². The number of benzene rings is 3. The van der Waals surface area contributed by atoms with Crippen LogP contribution in [0.4, 0.5) is 11.4 Å². The molecule has 0 N–H and O–H groups in total. The smallest absolute Gasteiger partial charge is 0.350 e. The molecule has 5 aromatic rings. The number of ether oxygens (including phenoxy) is 3. The van der Waals surface area contributed by atoms with Gasteiger partial charge in [-0.25, -0.2) is 14.0 Å². The number of nitrogens with zero attached hydrogens (tertiary/aromatic N) is 8. The van der Waals surface area contributed by atoms with E-state index < -0.39 is 5.79 Å². The highest BCUT2D eigenvalue weighted by Crippen LogP contribution is 2.36. The summed E-state index contributed by atoms with van der Waals surface area (Å²) >= 11 is 0. The molecule has 2 fully saturated rings. The summed E-state index contributed by atoms with van der Waals surface area (Å²) in [7, 11) is 0. The SMILES string of the molecule is CCC(C)n1nc(C)n(-c2ccc(N3CCN(c4ccc(OC[C@H]5CO[C@](Cn6nccn6)(c6ccccc6)O5)cc4)CC3)cc2)c1=O. The summed E-state index contributed by atoms with van der Waals surface area (Å²) < 4.78 is 22.1. The van der Waals surface area contributed by atoms with Crippen LogP contribution in [0.2, 0.25) is 0 Å². The lowest BCUT2D eigenvalue weighted by Gasteiger charge is -2.37. The van der Waals surface area contributed by atoms with Crippen LogP contribution in [-0.2, 0) is 21.8 Å². The van der Waals surface area contributed by atoms with E-state index in [4.69, 9.17) is 14.2 Å². The van der Waals surface area contributed by atoms with Gasteiger partial charge >= 0.3 is 5.69 Å². The summed E-state index contributed by atoms with van der Waals surface area (Å²) in [6.07, 6.45) is 3.91. The number of aryl methyl sites for hydroxylation is 1. The Labute approximate surface area is 280 Å². The summed E-state index contributed by atoms with van der Waals surface area (Å²) in [6.45, 7) is 10.7. The second kappa shape index (κ2) is 13.7. The number of piperazine rings is 1. The minimum Gasteiger partial charge on any atom is -0.491 e. The number of rotatable bonds is 11. The third-order valence-electron chi connectivity index (χ3n) is 9.25. The number of hydrogen-bond acceptors (Lipinski definition) is 9. The van der Waals surface area contributed by atoms with Crippen LogP contribution in [0, 0.1) is 6.92 Å². The zero-order valence-electron chi connectivity index (χ0n) is 27.7. The topological polar surface area (TPSA) is 105 Å². The quantitative estimate of drug-likeness (QED) is 0.203. The third-order valence-corrected chi connectivity index (χ3v) is 9.25. The summed E-state index contributed by atoms with van der Waals surface area (Å²) in [5.74, 6) is 0.511. The molecule has 0 bridgehead atoms. The van der Waals surface area contributed by atoms with Crippen LogP contribution < -0.4 is 20.2 Å². The fraction of sp³-hybridized carbons (Fsp3) is 0.389. The van der Waals surface area contributed by atoms with Gasteiger partial charge in [0, 0.05) is 43.1 Å². The standard InChI is InChI=1S/C36H42N8O4/c1-4-27(2)44-35(45)43(28(3)39-44)32-12-10-30(11-13-32)40-20-22-41(23-21-40)31-14-16-33(17-15-31)46-24-34-25-47-36(48-34,26-42-37-18-19-38-42)29-8-6-5-7-9-29/h5-19,27,34H,4,20-26H2,1-3H3/t27?,34-,36-/m0/s1. The molecule has 2 aromatic heterocycles. The van der Waals surface area contributed by atoms with Gasteiger partial charge in [-0.15, -0.1) is 0 Å². The van der Waals surface area contributed by atoms with Gasteiger partial charge in [-0.3, -0.25) is 0 Å². The van der Waals surface area contributed by atoms with E-state index in [1.54, 1.807) is 26.4 Å². The molecular weight excluding hydrogens is 608 g/mol. The Hall–Kier alpha value is -4.94. The fourth-order valence-electron chi connectivity index (χ4n) is 6.40. The Morgan fingerprint density at radius 3 is 2.10 bits per heavy atom. The van der Waals surface area contributed by atoms with Gasteiger partial charge in [0.05, 0.1) is 30.7 Å². The van der Waals surface area contributed by atoms with Crippen LogP contribution in [0.15, 0.2) is 96.1 Å². The molecule has 12 heteroatoms. The maximum absolute atomic E-state index is 13.0. The average molecular weight is 651 g/mol. The van der Waals surface area contributed by atoms with Crippen molar-refractivity contribution in [2.24, 2.45) is 0 Å². The van der Waals surface area contributed by atoms with Gasteiger partial charge in [0.1, 0.15) is 30.8 Å². The Balaban J connectivity index is 0.920. The molecule has 250 valence electrons. The molecule has 12 nitrogen and oxygen atoms in total. The molecule has 0 aliphatic carbocycles. The van der Waals surface area contributed by atoms with E-state index in [9.17, 15) is 4.79 Å². The molecule has 3 atom stereocenters. The average Bonchev–Trinajstić information content (AvgIpc) is 3.88. The molecule has 0 spiro atoms. The Kier molecular flexibility index (Phi) is 9.00. The van der Waals surface area contributed by atoms with Crippen molar-refractivity contribution in [1.82, 2.24) is 29.3 Å². The van der Waals surface area contributed by atoms with Crippen molar-refractivity contribution in [2.75, 3.05) is 49.2 Å². The van der Waals surface area contributed by atoms with E-state index in [1.807, 2.05) is 68.4 Å². The van der Waals surface area contributed by atoms with Crippen LogP contribution in [0.5, 0.6) is 5.75 Å². The second-order valence-electron chi connectivity index (χ2n) is 12.4. The Morgan fingerprint density at radius 2 is 1.48 bits per heavy atom. The number of anilines is 2. The monoisotopic (exact) mass is 650 g/mol. The van der Waals surface area contributed by atoms with Gasteiger partial charge in [0.2, 0.25) is 5.79 Å². The lowest BCUT2D eigenvalue weighted by molar-refractivity contribution is -0.192. The molecular formula is C36H42N8O4. The molecule has 2 aliphatic heterocycles. The van der Waals surface area contributed by atoms with Gasteiger partial charge in [0.15, 0.2) is 0 Å². The largest absolute Gasteiger partial charge is 0.491 e. The third kappa shape index (κ3) is 6.45. The van der Waals surface area contributed by atoms with Crippen LogP contribution in [0.3, 0.4) is 0 Å². The number of aromatic nitrogens is 6. The summed E-state index contributed by atoms with van der Waals surface area (Å²) in [5.41, 5.74) is 3.98. The van der Waals surface area contributed by atoms with Gasteiger partial charge in [-0.05, 0) is 68.8 Å². The normalized spacial score (nSPS) is 20.3. The van der Waals surface area contributed by atoms with Crippen molar-refractivity contribution in [2.45, 2.75) is 51.7 Å². The van der Waals surface area contributed by atoms with Crippen molar-refractivity contribution >= 4 is 11.4 Å². The minimum atomic E-state index is -0.974. The molecule has 4 heterocycles. The summed E-state index contributed by atoms with van der Waals surface area (Å²) in [5, 5.41) is 13.0. The highest BCUT2D eigenvalue weighted by Gasteiger charge is 2.44. The van der Waals surface area contributed by atoms with E-state index in [2.05, 4.69) is 56.3 Å². The molecule has 0 saturated carbocycles. The Bertz CT molecular complexity index is 1830. The van der Waals surface area contributed by atoms with Crippen LogP contribution in [0.25, 0.3) is 5.69 Å². The van der Waals surface area contributed by atoms with Gasteiger partial charge in [-0.1, -0.05) is 37.3 Å². The molecule has 48 heavy (non-hydrogen) atoms. The van der Waals surface area contributed by atoms with Crippen molar-refractivity contribution < 1.29 is 14.2 Å². The molecule has 7 rings (SSSR count). The highest BCUT2D eigenvalue weighted by atomic mass is 16.8. The van der Waals surface area contributed by atoms with Gasteiger partial charge < -0.3 is 24.0 Å². The summed E-state index contributed by atoms with van der Waals surface area (Å²) in [4.78, 5) is 19.4. The van der Waals surface area contributed by atoms with Crippen LogP contribution in [0.1, 0.15) is 37.7 Å². The van der Waals surface area contributed by atoms with Gasteiger partial charge in [0.25, 0.3) is 0 Å². The second-order valence-corrected chi connectivity index (χ2v) is 12.4. The van der Waals surface area contributed by atoms with Crippen molar-refractivity contribution in [3.63, 3.8) is 0 Å². The predicted octanol–water partition coefficient (Wildman–Crippen LogP) is 4.58. The van der Waals surface area contributed by atoms with Crippen molar-refractivity contribution in [3.8, 4) is 11.4 Å². The van der Waals surface area contributed by atoms with E-state index >= 15 is 0 Å². The molecule has 0 amide bonds. The lowest BCUT2D eigenvalue weighted by Crippen LogP contribution is -2.46. The lowest BCUT2D eigenvalue weighted by atomic mass is 10.1. The maximum atomic E-state index is 13.0. The van der Waals surface area contributed by atoms with Crippen LogP contribution in [-0.4, -0.2) is 74.8 Å². The highest BCUT2D eigenvalue weighted by molar-refractivity contribution is 5.55. The molecule has 2 saturated heterocycles. The molecule has 1 unspecified atom stereocenters. The van der Waals surface area contributed by atoms with Gasteiger partial charge in [-0.2, -0.15) is 20.1 Å². The van der Waals surface area contributed by atoms with Crippen molar-refractivity contribution in [1.29, 1.82) is 0 Å². The minimum absolute atomic E-state index is 0.0663. The first-order valence-electron chi connectivity index (χ1n) is 16.7. The Morgan fingerprint density at radius 1 is 0.875 bits per heavy atom. The predicted molar refractivity (Wildman–Crippen MR) is 183 cm³/mol. The van der Waals surface area contributed by atoms with Crippen LogP contribution >= 0.6 is 0 Å². The molecule has 2 aliphatic rings. The summed E-state index contributed by atoms with van der Waals surface area (Å²) in [6, 6.07) is 26.5. The first kappa shape index (κ1) is 31.6. The first-order valence-corrected chi connectivity index (χ1v) is 16.7. The molecule has 3 aromatic carbocycles. The number of hydrogen-bond donors (Lipinski definition) is 0. The zero-order chi connectivity index (χ0) is 33.1. The van der Waals surface area contributed by atoms with Crippen molar-refractivity contribution in [3.05, 3.63) is 113 Å². The zero-order valence-corrected chi connectivity index (χ0v) is 27.7. The van der Waals surface area contributed by atoms with E-state index in [0.29, 0.717) is 25.6 Å².